The highest BCUT2D eigenvalue weighted by molar-refractivity contribution is 14.1. The van der Waals surface area contributed by atoms with Crippen molar-refractivity contribution in [2.75, 3.05) is 0 Å². The number of nitrogens with two attached hydrogens (primary N) is 1. The Balaban J connectivity index is 2.85. The molecule has 0 unspecified atom stereocenters. The Kier molecular flexibility index (Phi) is 3.46. The van der Waals surface area contributed by atoms with E-state index in [1.54, 1.807) is 0 Å². The van der Waals surface area contributed by atoms with E-state index >= 15 is 0 Å². The molecule has 0 aliphatic rings. The van der Waals surface area contributed by atoms with E-state index < -0.39 is 0 Å². The minimum atomic E-state index is -0.183. The average Bonchev–Trinajstić information content (AvgIpc) is 1.81. The van der Waals surface area contributed by atoms with E-state index in [2.05, 4.69) is 22.6 Å². The summed E-state index contributed by atoms with van der Waals surface area (Å²) in [5.74, 6) is -0.183. The third kappa shape index (κ3) is 3.06. The van der Waals surface area contributed by atoms with Crippen molar-refractivity contribution in [2.45, 2.75) is 19.4 Å². The van der Waals surface area contributed by atoms with Crippen molar-refractivity contribution in [1.82, 2.24) is 0 Å². The van der Waals surface area contributed by atoms with Gasteiger partial charge in [0.1, 0.15) is 5.82 Å². The van der Waals surface area contributed by atoms with Crippen LogP contribution in [-0.2, 0) is 6.42 Å². The summed E-state index contributed by atoms with van der Waals surface area (Å²) in [7, 11) is 0. The van der Waals surface area contributed by atoms with Gasteiger partial charge in [0, 0.05) is 9.61 Å². The number of rotatable bonds is 2. The molecule has 0 saturated heterocycles. The third-order valence-corrected chi connectivity index (χ3v) is 2.10. The van der Waals surface area contributed by atoms with Gasteiger partial charge in [-0.2, -0.15) is 0 Å². The second-order valence-electron chi connectivity index (χ2n) is 2.96. The predicted molar refractivity (Wildman–Crippen MR) is 56.5 cm³/mol. The van der Waals surface area contributed by atoms with E-state index in [-0.39, 0.29) is 11.9 Å². The number of benzene rings is 1. The van der Waals surface area contributed by atoms with Crippen LogP contribution in [-0.4, -0.2) is 6.04 Å². The maximum atomic E-state index is 12.8. The topological polar surface area (TPSA) is 26.0 Å². The normalized spacial score (nSPS) is 13.0. The van der Waals surface area contributed by atoms with Gasteiger partial charge in [0.2, 0.25) is 0 Å². The first-order valence-corrected chi connectivity index (χ1v) is 4.86. The first-order chi connectivity index (χ1) is 5.58. The Morgan fingerprint density at radius 1 is 1.50 bits per heavy atom. The fraction of sp³-hybridized carbons (Fsp3) is 0.333. The molecular formula is C9H11FIN. The Labute approximate surface area is 85.3 Å². The van der Waals surface area contributed by atoms with Crippen LogP contribution in [0.4, 0.5) is 4.39 Å². The molecule has 1 aromatic carbocycles. The molecule has 0 aromatic heterocycles. The van der Waals surface area contributed by atoms with Crippen molar-refractivity contribution < 1.29 is 4.39 Å². The maximum absolute atomic E-state index is 12.8. The van der Waals surface area contributed by atoms with Gasteiger partial charge in [-0.1, -0.05) is 0 Å². The van der Waals surface area contributed by atoms with E-state index in [4.69, 9.17) is 5.73 Å². The van der Waals surface area contributed by atoms with Gasteiger partial charge in [-0.05, 0) is 59.7 Å². The second kappa shape index (κ2) is 4.18. The van der Waals surface area contributed by atoms with Crippen LogP contribution in [0.5, 0.6) is 0 Å². The minimum Gasteiger partial charge on any atom is -0.328 e. The van der Waals surface area contributed by atoms with Crippen LogP contribution in [0.25, 0.3) is 0 Å². The number of hydrogen-bond acceptors (Lipinski definition) is 1. The molecule has 0 heterocycles. The molecule has 0 radical (unpaired) electrons. The van der Waals surface area contributed by atoms with Crippen molar-refractivity contribution in [3.63, 3.8) is 0 Å². The molecule has 0 bridgehead atoms. The number of hydrogen-bond donors (Lipinski definition) is 1. The summed E-state index contributed by atoms with van der Waals surface area (Å²) in [6, 6.07) is 5.08. The Morgan fingerprint density at radius 2 is 2.17 bits per heavy atom. The van der Waals surface area contributed by atoms with Crippen molar-refractivity contribution in [3.8, 4) is 0 Å². The van der Waals surface area contributed by atoms with Crippen molar-refractivity contribution in [3.05, 3.63) is 33.1 Å². The maximum Gasteiger partial charge on any atom is 0.124 e. The number of halogens is 2. The van der Waals surface area contributed by atoms with Gasteiger partial charge in [0.15, 0.2) is 0 Å². The highest BCUT2D eigenvalue weighted by Gasteiger charge is 2.01. The molecule has 3 heteroatoms. The van der Waals surface area contributed by atoms with Gasteiger partial charge < -0.3 is 5.73 Å². The predicted octanol–water partition coefficient (Wildman–Crippen LogP) is 2.32. The molecule has 2 N–H and O–H groups in total. The summed E-state index contributed by atoms with van der Waals surface area (Å²) in [5, 5.41) is 0. The zero-order valence-electron chi connectivity index (χ0n) is 6.85. The second-order valence-corrected chi connectivity index (χ2v) is 4.20. The van der Waals surface area contributed by atoms with Crippen molar-refractivity contribution >= 4 is 22.6 Å². The van der Waals surface area contributed by atoms with Crippen LogP contribution in [0.3, 0.4) is 0 Å². The molecule has 12 heavy (non-hydrogen) atoms. The van der Waals surface area contributed by atoms with E-state index in [0.717, 1.165) is 15.6 Å². The van der Waals surface area contributed by atoms with Gasteiger partial charge in [0.05, 0.1) is 0 Å². The lowest BCUT2D eigenvalue weighted by Gasteiger charge is -2.05. The van der Waals surface area contributed by atoms with Crippen LogP contribution in [0.1, 0.15) is 12.5 Å². The quantitative estimate of drug-likeness (QED) is 0.826. The average molecular weight is 279 g/mol. The zero-order chi connectivity index (χ0) is 9.14. The monoisotopic (exact) mass is 279 g/mol. The van der Waals surface area contributed by atoms with Gasteiger partial charge >= 0.3 is 0 Å². The summed E-state index contributed by atoms with van der Waals surface area (Å²) < 4.78 is 13.8. The molecule has 66 valence electrons. The Hall–Kier alpha value is -0.160. The van der Waals surface area contributed by atoms with Crippen LogP contribution in [0.2, 0.25) is 0 Å². The zero-order valence-corrected chi connectivity index (χ0v) is 9.01. The standard InChI is InChI=1S/C9H11FIN/c1-6(12)2-7-3-8(10)5-9(11)4-7/h3-6H,2,12H2,1H3/t6-/m1/s1. The largest absolute Gasteiger partial charge is 0.328 e. The minimum absolute atomic E-state index is 0.0857. The molecular weight excluding hydrogens is 268 g/mol. The fourth-order valence-corrected chi connectivity index (χ4v) is 1.80. The molecule has 1 atom stereocenters. The molecule has 0 aliphatic carbocycles. The summed E-state index contributed by atoms with van der Waals surface area (Å²) in [4.78, 5) is 0. The van der Waals surface area contributed by atoms with Crippen molar-refractivity contribution in [2.24, 2.45) is 5.73 Å². The summed E-state index contributed by atoms with van der Waals surface area (Å²) >= 11 is 2.10. The molecule has 0 saturated carbocycles. The first-order valence-electron chi connectivity index (χ1n) is 3.78. The third-order valence-electron chi connectivity index (χ3n) is 1.48. The lowest BCUT2D eigenvalue weighted by molar-refractivity contribution is 0.621. The Morgan fingerprint density at radius 3 is 2.67 bits per heavy atom. The SMILES string of the molecule is C[C@@H](N)Cc1cc(F)cc(I)c1. The summed E-state index contributed by atoms with van der Waals surface area (Å²) in [5.41, 5.74) is 6.57. The van der Waals surface area contributed by atoms with Crippen LogP contribution < -0.4 is 5.73 Å². The van der Waals surface area contributed by atoms with Gasteiger partial charge in [-0.25, -0.2) is 4.39 Å². The van der Waals surface area contributed by atoms with E-state index in [1.807, 2.05) is 13.0 Å². The van der Waals surface area contributed by atoms with Crippen LogP contribution in [0, 0.1) is 9.39 Å². The molecule has 0 aliphatic heterocycles. The highest BCUT2D eigenvalue weighted by Crippen LogP contribution is 2.12. The van der Waals surface area contributed by atoms with Gasteiger partial charge in [0.25, 0.3) is 0 Å². The van der Waals surface area contributed by atoms with E-state index in [0.29, 0.717) is 0 Å². The molecule has 0 amide bonds. The van der Waals surface area contributed by atoms with Gasteiger partial charge in [-0.3, -0.25) is 0 Å². The van der Waals surface area contributed by atoms with Crippen LogP contribution in [0.15, 0.2) is 18.2 Å². The van der Waals surface area contributed by atoms with Crippen LogP contribution >= 0.6 is 22.6 Å². The van der Waals surface area contributed by atoms with Gasteiger partial charge in [-0.15, -0.1) is 0 Å². The van der Waals surface area contributed by atoms with E-state index in [1.165, 1.54) is 12.1 Å². The molecule has 1 rings (SSSR count). The lowest BCUT2D eigenvalue weighted by Crippen LogP contribution is -2.17. The van der Waals surface area contributed by atoms with E-state index in [9.17, 15) is 4.39 Å². The van der Waals surface area contributed by atoms with Crippen molar-refractivity contribution in [1.29, 1.82) is 0 Å². The molecule has 0 fully saturated rings. The summed E-state index contributed by atoms with van der Waals surface area (Å²) in [6.07, 6.45) is 0.730. The fourth-order valence-electron chi connectivity index (χ4n) is 1.10. The summed E-state index contributed by atoms with van der Waals surface area (Å²) in [6.45, 7) is 1.91. The highest BCUT2D eigenvalue weighted by atomic mass is 127. The first kappa shape index (κ1) is 9.92. The smallest absolute Gasteiger partial charge is 0.124 e. The molecule has 0 spiro atoms. The lowest BCUT2D eigenvalue weighted by atomic mass is 10.1. The Bertz CT molecular complexity index is 253. The molecule has 1 aromatic rings. The molecule has 1 nitrogen and oxygen atoms in total.